The first-order valence-corrected chi connectivity index (χ1v) is 7.95. The smallest absolute Gasteiger partial charge is 0.292 e. The van der Waals surface area contributed by atoms with E-state index in [0.717, 1.165) is 31.5 Å². The van der Waals surface area contributed by atoms with Gasteiger partial charge in [0.25, 0.3) is 5.91 Å². The molecule has 2 amide bonds. The van der Waals surface area contributed by atoms with Crippen LogP contribution in [0, 0.1) is 6.92 Å². The molecule has 2 aliphatic rings. The monoisotopic (exact) mass is 287 g/mol. The number of aryl methyl sites for hydroxylation is 1. The van der Waals surface area contributed by atoms with Crippen LogP contribution in [0.3, 0.4) is 0 Å². The SMILES string of the molecule is Cc1ccc(N2C(=O)C[C@H]([NH+]3CCCCCC3)C2=O)cc1. The van der Waals surface area contributed by atoms with Gasteiger partial charge in [0.05, 0.1) is 25.2 Å². The standard InChI is InChI=1S/C17H22N2O2/c1-13-6-8-14(9-7-13)19-16(20)12-15(17(19)21)18-10-4-2-3-5-11-18/h6-9,15H,2-5,10-12H2,1H3/p+1/t15-/m0/s1. The molecule has 0 bridgehead atoms. The Kier molecular flexibility index (Phi) is 4.06. The number of likely N-dealkylation sites (tertiary alicyclic amines) is 1. The molecular formula is C17H23N2O2+. The van der Waals surface area contributed by atoms with E-state index in [4.69, 9.17) is 0 Å². The number of rotatable bonds is 2. The highest BCUT2D eigenvalue weighted by molar-refractivity contribution is 6.21. The van der Waals surface area contributed by atoms with Crippen molar-refractivity contribution in [1.29, 1.82) is 0 Å². The maximum absolute atomic E-state index is 12.7. The normalized spacial score (nSPS) is 24.4. The number of carbonyl (C=O) groups is 2. The van der Waals surface area contributed by atoms with Crippen LogP contribution in [0.1, 0.15) is 37.7 Å². The van der Waals surface area contributed by atoms with Crippen molar-refractivity contribution in [2.45, 2.75) is 45.1 Å². The second-order valence-corrected chi connectivity index (χ2v) is 6.23. The number of anilines is 1. The summed E-state index contributed by atoms with van der Waals surface area (Å²) in [6.45, 7) is 4.04. The molecule has 2 heterocycles. The van der Waals surface area contributed by atoms with Gasteiger partial charge in [-0.25, -0.2) is 4.90 Å². The van der Waals surface area contributed by atoms with Gasteiger partial charge in [0.1, 0.15) is 0 Å². The molecule has 0 saturated carbocycles. The maximum Gasteiger partial charge on any atom is 0.292 e. The van der Waals surface area contributed by atoms with Gasteiger partial charge >= 0.3 is 0 Å². The molecule has 1 aromatic carbocycles. The highest BCUT2D eigenvalue weighted by atomic mass is 16.2. The lowest BCUT2D eigenvalue weighted by molar-refractivity contribution is -0.914. The molecule has 4 nitrogen and oxygen atoms in total. The fourth-order valence-corrected chi connectivity index (χ4v) is 3.45. The highest BCUT2D eigenvalue weighted by Gasteiger charge is 2.45. The Bertz CT molecular complexity index is 530. The average Bonchev–Trinajstić information content (AvgIpc) is 2.69. The zero-order valence-corrected chi connectivity index (χ0v) is 12.6. The molecule has 2 saturated heterocycles. The fraction of sp³-hybridized carbons (Fsp3) is 0.529. The maximum atomic E-state index is 12.7. The molecule has 2 fully saturated rings. The Morgan fingerprint density at radius 1 is 1.00 bits per heavy atom. The number of hydrogen-bond acceptors (Lipinski definition) is 2. The first-order valence-electron chi connectivity index (χ1n) is 7.95. The van der Waals surface area contributed by atoms with Gasteiger partial charge in [-0.05, 0) is 44.7 Å². The van der Waals surface area contributed by atoms with E-state index in [0.29, 0.717) is 12.1 Å². The third kappa shape index (κ3) is 2.86. The van der Waals surface area contributed by atoms with Crippen molar-refractivity contribution in [3.63, 3.8) is 0 Å². The number of amides is 2. The molecule has 1 N–H and O–H groups in total. The largest absolute Gasteiger partial charge is 0.324 e. The lowest BCUT2D eigenvalue weighted by Crippen LogP contribution is -3.16. The fourth-order valence-electron chi connectivity index (χ4n) is 3.45. The summed E-state index contributed by atoms with van der Waals surface area (Å²) < 4.78 is 0. The Morgan fingerprint density at radius 2 is 1.62 bits per heavy atom. The molecule has 3 rings (SSSR count). The Hall–Kier alpha value is -1.68. The number of nitrogens with one attached hydrogen (secondary N) is 1. The summed E-state index contributed by atoms with van der Waals surface area (Å²) in [4.78, 5) is 27.7. The summed E-state index contributed by atoms with van der Waals surface area (Å²) in [5.74, 6) is -0.0636. The molecule has 1 aromatic rings. The number of quaternary nitrogens is 1. The van der Waals surface area contributed by atoms with E-state index in [2.05, 4.69) is 0 Å². The van der Waals surface area contributed by atoms with Crippen LogP contribution in [0.5, 0.6) is 0 Å². The molecular weight excluding hydrogens is 264 g/mol. The lowest BCUT2D eigenvalue weighted by atomic mass is 10.2. The summed E-state index contributed by atoms with van der Waals surface area (Å²) >= 11 is 0. The summed E-state index contributed by atoms with van der Waals surface area (Å²) in [6, 6.07) is 7.46. The molecule has 0 unspecified atom stereocenters. The van der Waals surface area contributed by atoms with Crippen molar-refractivity contribution < 1.29 is 14.5 Å². The molecule has 2 aliphatic heterocycles. The number of benzene rings is 1. The van der Waals surface area contributed by atoms with Crippen LogP contribution in [0.15, 0.2) is 24.3 Å². The van der Waals surface area contributed by atoms with Crippen molar-refractivity contribution in [2.24, 2.45) is 0 Å². The molecule has 0 aromatic heterocycles. The van der Waals surface area contributed by atoms with Crippen LogP contribution in [0.2, 0.25) is 0 Å². The van der Waals surface area contributed by atoms with Gasteiger partial charge in [0.15, 0.2) is 6.04 Å². The second-order valence-electron chi connectivity index (χ2n) is 6.23. The molecule has 112 valence electrons. The van der Waals surface area contributed by atoms with E-state index >= 15 is 0 Å². The van der Waals surface area contributed by atoms with Crippen LogP contribution in [-0.4, -0.2) is 30.9 Å². The molecule has 0 aliphatic carbocycles. The van der Waals surface area contributed by atoms with Gasteiger partial charge in [0.2, 0.25) is 5.91 Å². The third-order valence-electron chi connectivity index (χ3n) is 4.68. The van der Waals surface area contributed by atoms with E-state index in [1.165, 1.54) is 22.6 Å². The van der Waals surface area contributed by atoms with Crippen molar-refractivity contribution in [2.75, 3.05) is 18.0 Å². The summed E-state index contributed by atoms with van der Waals surface area (Å²) in [7, 11) is 0. The van der Waals surface area contributed by atoms with Crippen LogP contribution < -0.4 is 9.80 Å². The number of imide groups is 1. The average molecular weight is 287 g/mol. The van der Waals surface area contributed by atoms with Gasteiger partial charge in [-0.2, -0.15) is 0 Å². The third-order valence-corrected chi connectivity index (χ3v) is 4.68. The summed E-state index contributed by atoms with van der Waals surface area (Å²) in [5, 5.41) is 0. The predicted molar refractivity (Wildman–Crippen MR) is 81.2 cm³/mol. The van der Waals surface area contributed by atoms with Gasteiger partial charge in [-0.15, -0.1) is 0 Å². The Morgan fingerprint density at radius 3 is 2.24 bits per heavy atom. The highest BCUT2D eigenvalue weighted by Crippen LogP contribution is 2.22. The zero-order valence-electron chi connectivity index (χ0n) is 12.6. The first kappa shape index (κ1) is 14.3. The van der Waals surface area contributed by atoms with Crippen LogP contribution in [0.25, 0.3) is 0 Å². The van der Waals surface area contributed by atoms with Gasteiger partial charge in [0, 0.05) is 0 Å². The minimum absolute atomic E-state index is 0.0132. The number of hydrogen-bond donors (Lipinski definition) is 1. The number of carbonyl (C=O) groups excluding carboxylic acids is 2. The van der Waals surface area contributed by atoms with Gasteiger partial charge < -0.3 is 4.90 Å². The quantitative estimate of drug-likeness (QED) is 0.827. The van der Waals surface area contributed by atoms with Crippen molar-refractivity contribution >= 4 is 17.5 Å². The zero-order chi connectivity index (χ0) is 14.8. The van der Waals surface area contributed by atoms with E-state index in [1.807, 2.05) is 31.2 Å². The van der Waals surface area contributed by atoms with Gasteiger partial charge in [-0.3, -0.25) is 9.59 Å². The van der Waals surface area contributed by atoms with Crippen LogP contribution in [-0.2, 0) is 9.59 Å². The Labute approximate surface area is 125 Å². The van der Waals surface area contributed by atoms with E-state index in [-0.39, 0.29) is 17.9 Å². The minimum Gasteiger partial charge on any atom is -0.324 e. The van der Waals surface area contributed by atoms with E-state index in [1.54, 1.807) is 0 Å². The lowest BCUT2D eigenvalue weighted by Gasteiger charge is -2.22. The molecule has 0 spiro atoms. The van der Waals surface area contributed by atoms with Crippen molar-refractivity contribution in [3.8, 4) is 0 Å². The molecule has 4 heteroatoms. The molecule has 21 heavy (non-hydrogen) atoms. The Balaban J connectivity index is 1.79. The van der Waals surface area contributed by atoms with Crippen molar-refractivity contribution in [1.82, 2.24) is 0 Å². The second kappa shape index (κ2) is 5.98. The molecule has 0 radical (unpaired) electrons. The van der Waals surface area contributed by atoms with Gasteiger partial charge in [-0.1, -0.05) is 17.7 Å². The molecule has 1 atom stereocenters. The van der Waals surface area contributed by atoms with E-state index < -0.39 is 0 Å². The minimum atomic E-state index is -0.170. The summed E-state index contributed by atoms with van der Waals surface area (Å²) in [5.41, 5.74) is 1.85. The van der Waals surface area contributed by atoms with Crippen molar-refractivity contribution in [3.05, 3.63) is 29.8 Å². The summed E-state index contributed by atoms with van der Waals surface area (Å²) in [6.07, 6.45) is 5.19. The first-order chi connectivity index (χ1) is 10.2. The van der Waals surface area contributed by atoms with Crippen LogP contribution in [0.4, 0.5) is 5.69 Å². The predicted octanol–water partition coefficient (Wildman–Crippen LogP) is 1.09. The van der Waals surface area contributed by atoms with Crippen LogP contribution >= 0.6 is 0 Å². The van der Waals surface area contributed by atoms with E-state index in [9.17, 15) is 9.59 Å². The topological polar surface area (TPSA) is 41.8 Å². The number of nitrogens with zero attached hydrogens (tertiary/aromatic N) is 1.